The van der Waals surface area contributed by atoms with Crippen molar-refractivity contribution in [2.45, 2.75) is 26.3 Å². The number of halogens is 1. The van der Waals surface area contributed by atoms with Gasteiger partial charge in [0.05, 0.1) is 6.04 Å². The fourth-order valence-corrected chi connectivity index (χ4v) is 4.74. The molecule has 0 bridgehead atoms. The molecule has 0 saturated carbocycles. The Morgan fingerprint density at radius 3 is 2.75 bits per heavy atom. The molecule has 2 aromatic rings. The highest BCUT2D eigenvalue weighted by molar-refractivity contribution is 9.10. The van der Waals surface area contributed by atoms with E-state index >= 15 is 0 Å². The minimum Gasteiger partial charge on any atom is -0.319 e. The van der Waals surface area contributed by atoms with Crippen LogP contribution in [0.4, 0.5) is 0 Å². The standard InChI is InChI=1S/C12H14BrNS2/c1-3-8-4-5-15-11(8)10(14)12-9(13)6-7(2)16-12/h4-6,10H,3,14H2,1-2H3. The molecular weight excluding hydrogens is 302 g/mol. The quantitative estimate of drug-likeness (QED) is 0.887. The van der Waals surface area contributed by atoms with Crippen molar-refractivity contribution in [2.75, 3.05) is 0 Å². The second kappa shape index (κ2) is 5.00. The average Bonchev–Trinajstić information content (AvgIpc) is 2.83. The molecule has 1 atom stereocenters. The van der Waals surface area contributed by atoms with E-state index in [2.05, 4.69) is 47.3 Å². The molecule has 0 aliphatic carbocycles. The lowest BCUT2D eigenvalue weighted by molar-refractivity contribution is 0.890. The van der Waals surface area contributed by atoms with Gasteiger partial charge < -0.3 is 5.73 Å². The zero-order valence-electron chi connectivity index (χ0n) is 9.29. The molecule has 0 aliphatic rings. The van der Waals surface area contributed by atoms with Crippen molar-refractivity contribution >= 4 is 38.6 Å². The predicted molar refractivity (Wildman–Crippen MR) is 76.5 cm³/mol. The Balaban J connectivity index is 2.38. The van der Waals surface area contributed by atoms with Crippen LogP contribution in [0.15, 0.2) is 22.0 Å². The molecule has 2 rings (SSSR count). The third-order valence-corrected chi connectivity index (χ3v) is 5.66. The molecule has 2 N–H and O–H groups in total. The van der Waals surface area contributed by atoms with Crippen LogP contribution in [0.2, 0.25) is 0 Å². The largest absolute Gasteiger partial charge is 0.319 e. The summed E-state index contributed by atoms with van der Waals surface area (Å²) < 4.78 is 1.14. The minimum atomic E-state index is 0.0167. The third kappa shape index (κ3) is 2.25. The van der Waals surface area contributed by atoms with Crippen LogP contribution in [-0.2, 0) is 6.42 Å². The molecule has 0 spiro atoms. The molecule has 1 nitrogen and oxygen atoms in total. The lowest BCUT2D eigenvalue weighted by atomic mass is 10.1. The molecule has 0 aromatic carbocycles. The second-order valence-electron chi connectivity index (χ2n) is 3.71. The molecule has 16 heavy (non-hydrogen) atoms. The van der Waals surface area contributed by atoms with Crippen molar-refractivity contribution < 1.29 is 0 Å². The van der Waals surface area contributed by atoms with E-state index < -0.39 is 0 Å². The van der Waals surface area contributed by atoms with Gasteiger partial charge >= 0.3 is 0 Å². The maximum absolute atomic E-state index is 6.34. The SMILES string of the molecule is CCc1ccsc1C(N)c1sc(C)cc1Br. The van der Waals surface area contributed by atoms with Gasteiger partial charge in [0.1, 0.15) is 0 Å². The van der Waals surface area contributed by atoms with E-state index in [9.17, 15) is 0 Å². The van der Waals surface area contributed by atoms with Gasteiger partial charge in [-0.1, -0.05) is 6.92 Å². The van der Waals surface area contributed by atoms with Gasteiger partial charge in [-0.15, -0.1) is 22.7 Å². The highest BCUT2D eigenvalue weighted by Crippen LogP contribution is 2.37. The van der Waals surface area contributed by atoms with E-state index in [1.165, 1.54) is 20.2 Å². The Bertz CT molecular complexity index is 487. The summed E-state index contributed by atoms with van der Waals surface area (Å²) >= 11 is 7.12. The molecule has 1 unspecified atom stereocenters. The van der Waals surface area contributed by atoms with E-state index in [0.717, 1.165) is 10.9 Å². The van der Waals surface area contributed by atoms with Crippen LogP contribution in [-0.4, -0.2) is 0 Å². The molecule has 0 radical (unpaired) electrons. The average molecular weight is 316 g/mol. The Kier molecular flexibility index (Phi) is 3.85. The summed E-state index contributed by atoms with van der Waals surface area (Å²) in [4.78, 5) is 3.83. The first-order valence-corrected chi connectivity index (χ1v) is 7.70. The highest BCUT2D eigenvalue weighted by atomic mass is 79.9. The van der Waals surface area contributed by atoms with Crippen LogP contribution >= 0.6 is 38.6 Å². The molecule has 0 aliphatic heterocycles. The van der Waals surface area contributed by atoms with Crippen LogP contribution in [0.1, 0.15) is 33.2 Å². The summed E-state index contributed by atoms with van der Waals surface area (Å²) in [6, 6.07) is 4.33. The van der Waals surface area contributed by atoms with Crippen molar-refractivity contribution in [1.29, 1.82) is 0 Å². The Morgan fingerprint density at radius 1 is 1.44 bits per heavy atom. The molecule has 0 amide bonds. The molecule has 4 heteroatoms. The Morgan fingerprint density at radius 2 is 2.19 bits per heavy atom. The van der Waals surface area contributed by atoms with E-state index in [1.807, 2.05) is 0 Å². The van der Waals surface area contributed by atoms with Crippen molar-refractivity contribution in [3.8, 4) is 0 Å². The van der Waals surface area contributed by atoms with Gasteiger partial charge in [-0.3, -0.25) is 0 Å². The smallest absolute Gasteiger partial charge is 0.0754 e. The predicted octanol–water partition coefficient (Wildman–Crippen LogP) is 4.49. The highest BCUT2D eigenvalue weighted by Gasteiger charge is 2.18. The third-order valence-electron chi connectivity index (χ3n) is 2.56. The summed E-state index contributed by atoms with van der Waals surface area (Å²) in [5, 5.41) is 2.13. The van der Waals surface area contributed by atoms with Gasteiger partial charge in [-0.05, 0) is 52.4 Å². The number of hydrogen-bond donors (Lipinski definition) is 1. The van der Waals surface area contributed by atoms with Gasteiger partial charge in [0, 0.05) is 19.1 Å². The van der Waals surface area contributed by atoms with Gasteiger partial charge in [-0.25, -0.2) is 0 Å². The van der Waals surface area contributed by atoms with Gasteiger partial charge in [0.25, 0.3) is 0 Å². The van der Waals surface area contributed by atoms with Crippen LogP contribution in [0.25, 0.3) is 0 Å². The molecule has 86 valence electrons. The maximum atomic E-state index is 6.34. The second-order valence-corrected chi connectivity index (χ2v) is 6.80. The van der Waals surface area contributed by atoms with Crippen LogP contribution in [0, 0.1) is 6.92 Å². The van der Waals surface area contributed by atoms with Gasteiger partial charge in [0.2, 0.25) is 0 Å². The minimum absolute atomic E-state index is 0.0167. The summed E-state index contributed by atoms with van der Waals surface area (Å²) in [5.41, 5.74) is 7.71. The van der Waals surface area contributed by atoms with Crippen molar-refractivity contribution in [3.05, 3.63) is 42.2 Å². The number of nitrogens with two attached hydrogens (primary N) is 1. The molecule has 0 fully saturated rings. The first-order chi connectivity index (χ1) is 7.63. The molecule has 2 heterocycles. The zero-order chi connectivity index (χ0) is 11.7. The van der Waals surface area contributed by atoms with Crippen molar-refractivity contribution in [3.63, 3.8) is 0 Å². The lowest BCUT2D eigenvalue weighted by Gasteiger charge is -2.10. The molecular formula is C12H14BrNS2. The van der Waals surface area contributed by atoms with E-state index in [1.54, 1.807) is 22.7 Å². The number of rotatable bonds is 3. The number of hydrogen-bond acceptors (Lipinski definition) is 3. The molecule has 0 saturated heterocycles. The maximum Gasteiger partial charge on any atom is 0.0754 e. The lowest BCUT2D eigenvalue weighted by Crippen LogP contribution is -2.10. The number of aryl methyl sites for hydroxylation is 2. The molecule has 2 aromatic heterocycles. The van der Waals surface area contributed by atoms with Crippen LogP contribution in [0.3, 0.4) is 0 Å². The fraction of sp³-hybridized carbons (Fsp3) is 0.333. The summed E-state index contributed by atoms with van der Waals surface area (Å²) in [5.74, 6) is 0. The first-order valence-electron chi connectivity index (χ1n) is 5.21. The van der Waals surface area contributed by atoms with E-state index in [0.29, 0.717) is 0 Å². The summed E-state index contributed by atoms with van der Waals surface area (Å²) in [6.45, 7) is 4.29. The first kappa shape index (κ1) is 12.3. The normalized spacial score (nSPS) is 13.0. The van der Waals surface area contributed by atoms with Gasteiger partial charge in [0.15, 0.2) is 0 Å². The van der Waals surface area contributed by atoms with Crippen molar-refractivity contribution in [1.82, 2.24) is 0 Å². The monoisotopic (exact) mass is 315 g/mol. The van der Waals surface area contributed by atoms with Crippen molar-refractivity contribution in [2.24, 2.45) is 5.73 Å². The Labute approximate surface area is 112 Å². The van der Waals surface area contributed by atoms with Crippen LogP contribution < -0.4 is 5.73 Å². The number of thiophene rings is 2. The topological polar surface area (TPSA) is 26.0 Å². The summed E-state index contributed by atoms with van der Waals surface area (Å²) in [6.07, 6.45) is 1.05. The van der Waals surface area contributed by atoms with Crippen LogP contribution in [0.5, 0.6) is 0 Å². The van der Waals surface area contributed by atoms with E-state index in [-0.39, 0.29) is 6.04 Å². The van der Waals surface area contributed by atoms with Gasteiger partial charge in [-0.2, -0.15) is 0 Å². The summed E-state index contributed by atoms with van der Waals surface area (Å²) in [7, 11) is 0. The van der Waals surface area contributed by atoms with E-state index in [4.69, 9.17) is 5.73 Å². The Hall–Kier alpha value is -0.160. The fourth-order valence-electron chi connectivity index (χ4n) is 1.74. The zero-order valence-corrected chi connectivity index (χ0v) is 12.5.